The summed E-state index contributed by atoms with van der Waals surface area (Å²) in [5, 5.41) is 9.16. The van der Waals surface area contributed by atoms with Gasteiger partial charge in [-0.15, -0.1) is 0 Å². The number of rotatable bonds is 2. The Labute approximate surface area is 96.2 Å². The fraction of sp³-hybridized carbons (Fsp3) is 0.600. The number of nitrogens with one attached hydrogen (secondary N) is 1. The summed E-state index contributed by atoms with van der Waals surface area (Å²) in [6.45, 7) is -0.0693. The van der Waals surface area contributed by atoms with Crippen LogP contribution in [0, 0.1) is 0 Å². The molecule has 3 rings (SSSR count). The number of hydrogen-bond acceptors (Lipinski definition) is 5. The highest BCUT2D eigenvalue weighted by Gasteiger charge is 2.61. The van der Waals surface area contributed by atoms with Crippen LogP contribution in [0.15, 0.2) is 21.9 Å². The van der Waals surface area contributed by atoms with Gasteiger partial charge in [0.05, 0.1) is 18.7 Å². The zero-order valence-corrected chi connectivity index (χ0v) is 9.24. The molecule has 0 bridgehead atoms. The third-order valence-corrected chi connectivity index (χ3v) is 3.49. The Bertz CT molecular complexity index is 551. The Kier molecular flexibility index (Phi) is 2.22. The average molecular weight is 239 g/mol. The van der Waals surface area contributed by atoms with E-state index in [1.165, 1.54) is 16.8 Å². The Hall–Kier alpha value is -1.44. The summed E-state index contributed by atoms with van der Waals surface area (Å²) in [5.74, 6) is 0. The smallest absolute Gasteiger partial charge is 0.330 e. The SMILES string of the molecule is CN1[C@@H]2[C@H]1[C@@H](CO)O[C@H]2n1ccc(=O)[nH]c1=O. The van der Waals surface area contributed by atoms with Crippen LogP contribution in [0.3, 0.4) is 0 Å². The molecule has 3 heterocycles. The van der Waals surface area contributed by atoms with E-state index >= 15 is 0 Å². The van der Waals surface area contributed by atoms with Crippen LogP contribution in [-0.2, 0) is 4.74 Å². The molecule has 0 aliphatic carbocycles. The molecule has 2 N–H and O–H groups in total. The molecule has 2 aliphatic heterocycles. The van der Waals surface area contributed by atoms with Crippen molar-refractivity contribution in [2.24, 2.45) is 0 Å². The van der Waals surface area contributed by atoms with Gasteiger partial charge in [0, 0.05) is 12.3 Å². The largest absolute Gasteiger partial charge is 0.394 e. The van der Waals surface area contributed by atoms with Crippen LogP contribution in [0.4, 0.5) is 0 Å². The minimum Gasteiger partial charge on any atom is -0.394 e. The molecule has 5 atom stereocenters. The molecule has 2 saturated heterocycles. The molecule has 1 aromatic heterocycles. The number of hydrogen-bond donors (Lipinski definition) is 2. The first kappa shape index (κ1) is 10.7. The Morgan fingerprint density at radius 2 is 2.24 bits per heavy atom. The highest BCUT2D eigenvalue weighted by molar-refractivity contribution is 5.12. The Morgan fingerprint density at radius 1 is 1.47 bits per heavy atom. The van der Waals surface area contributed by atoms with E-state index < -0.39 is 17.5 Å². The van der Waals surface area contributed by atoms with E-state index in [9.17, 15) is 9.59 Å². The highest BCUT2D eigenvalue weighted by Crippen LogP contribution is 2.45. The second-order valence-electron chi connectivity index (χ2n) is 4.41. The van der Waals surface area contributed by atoms with Crippen LogP contribution in [0.25, 0.3) is 0 Å². The van der Waals surface area contributed by atoms with Gasteiger partial charge in [-0.05, 0) is 7.05 Å². The molecule has 7 heteroatoms. The van der Waals surface area contributed by atoms with Gasteiger partial charge in [0.25, 0.3) is 5.56 Å². The molecular formula is C10H13N3O4. The minimum atomic E-state index is -0.486. The van der Waals surface area contributed by atoms with Crippen molar-refractivity contribution in [1.82, 2.24) is 14.5 Å². The zero-order valence-electron chi connectivity index (χ0n) is 9.24. The highest BCUT2D eigenvalue weighted by atomic mass is 16.5. The van der Waals surface area contributed by atoms with Gasteiger partial charge in [0.1, 0.15) is 6.10 Å². The summed E-state index contributed by atoms with van der Waals surface area (Å²) in [5.41, 5.74) is -0.913. The molecule has 7 nitrogen and oxygen atoms in total. The van der Waals surface area contributed by atoms with Crippen LogP contribution >= 0.6 is 0 Å². The van der Waals surface area contributed by atoms with Crippen LogP contribution in [0.2, 0.25) is 0 Å². The second kappa shape index (κ2) is 3.52. The summed E-state index contributed by atoms with van der Waals surface area (Å²) in [6.07, 6.45) is 0.717. The van der Waals surface area contributed by atoms with Crippen LogP contribution in [0.1, 0.15) is 6.23 Å². The van der Waals surface area contributed by atoms with E-state index in [2.05, 4.69) is 4.98 Å². The van der Waals surface area contributed by atoms with E-state index in [4.69, 9.17) is 9.84 Å². The molecule has 0 aromatic carbocycles. The first-order valence-corrected chi connectivity index (χ1v) is 5.43. The molecule has 1 unspecified atom stereocenters. The predicted molar refractivity (Wildman–Crippen MR) is 57.7 cm³/mol. The molecule has 0 spiro atoms. The third kappa shape index (κ3) is 1.47. The lowest BCUT2D eigenvalue weighted by Crippen LogP contribution is -2.35. The quantitative estimate of drug-likeness (QED) is 0.589. The number of fused-ring (bicyclic) bond motifs is 1. The summed E-state index contributed by atoms with van der Waals surface area (Å²) in [4.78, 5) is 26.9. The maximum Gasteiger partial charge on any atom is 0.330 e. The maximum atomic E-state index is 11.6. The lowest BCUT2D eigenvalue weighted by atomic mass is 10.2. The van der Waals surface area contributed by atoms with Crippen molar-refractivity contribution in [2.45, 2.75) is 24.4 Å². The fourth-order valence-electron chi connectivity index (χ4n) is 2.59. The number of ether oxygens (including phenoxy) is 1. The van der Waals surface area contributed by atoms with E-state index in [0.717, 1.165) is 0 Å². The van der Waals surface area contributed by atoms with Crippen molar-refractivity contribution < 1.29 is 9.84 Å². The van der Waals surface area contributed by atoms with Crippen LogP contribution in [-0.4, -0.2) is 51.4 Å². The molecule has 17 heavy (non-hydrogen) atoms. The van der Waals surface area contributed by atoms with Crippen LogP contribution in [0.5, 0.6) is 0 Å². The molecule has 92 valence electrons. The second-order valence-corrected chi connectivity index (χ2v) is 4.41. The number of aliphatic hydroxyl groups is 1. The summed E-state index contributed by atoms with van der Waals surface area (Å²) in [7, 11) is 1.92. The first-order chi connectivity index (χ1) is 8.13. The first-order valence-electron chi connectivity index (χ1n) is 5.43. The van der Waals surface area contributed by atoms with Gasteiger partial charge in [-0.25, -0.2) is 4.79 Å². The Morgan fingerprint density at radius 3 is 2.82 bits per heavy atom. The number of aromatic amines is 1. The number of morpholine rings is 1. The molecule has 1 aromatic rings. The molecule has 0 saturated carbocycles. The van der Waals surface area contributed by atoms with Gasteiger partial charge < -0.3 is 9.84 Å². The van der Waals surface area contributed by atoms with Crippen molar-refractivity contribution in [3.05, 3.63) is 33.1 Å². The Balaban J connectivity index is 1.96. The third-order valence-electron chi connectivity index (χ3n) is 3.49. The fourth-order valence-corrected chi connectivity index (χ4v) is 2.59. The number of aromatic nitrogens is 2. The lowest BCUT2D eigenvalue weighted by molar-refractivity contribution is -0.0612. The van der Waals surface area contributed by atoms with Gasteiger partial charge >= 0.3 is 5.69 Å². The summed E-state index contributed by atoms with van der Waals surface area (Å²) >= 11 is 0. The van der Waals surface area contributed by atoms with E-state index in [0.29, 0.717) is 0 Å². The van der Waals surface area contributed by atoms with Gasteiger partial charge in [0.15, 0.2) is 6.23 Å². The van der Waals surface area contributed by atoms with Crippen molar-refractivity contribution in [2.75, 3.05) is 13.7 Å². The number of nitrogens with zero attached hydrogens (tertiary/aromatic N) is 2. The van der Waals surface area contributed by atoms with Gasteiger partial charge in [-0.1, -0.05) is 0 Å². The molecule has 2 aliphatic rings. The van der Waals surface area contributed by atoms with E-state index in [-0.39, 0.29) is 24.8 Å². The van der Waals surface area contributed by atoms with Gasteiger partial charge in [-0.3, -0.25) is 19.2 Å². The van der Waals surface area contributed by atoms with E-state index in [1.807, 2.05) is 11.9 Å². The van der Waals surface area contributed by atoms with Crippen LogP contribution < -0.4 is 11.2 Å². The molecule has 0 radical (unpaired) electrons. The van der Waals surface area contributed by atoms with Crippen molar-refractivity contribution >= 4 is 0 Å². The topological polar surface area (TPSA) is 87.3 Å². The zero-order chi connectivity index (χ0) is 12.2. The molecule has 2 fully saturated rings. The van der Waals surface area contributed by atoms with Gasteiger partial charge in [0.2, 0.25) is 0 Å². The lowest BCUT2D eigenvalue weighted by Gasteiger charge is -2.20. The summed E-state index contributed by atoms with van der Waals surface area (Å²) < 4.78 is 6.96. The number of H-pyrrole nitrogens is 1. The monoisotopic (exact) mass is 239 g/mol. The average Bonchev–Trinajstić information content (AvgIpc) is 2.79. The standard InChI is InChI=1S/C10H13N3O4/c1-12-7-5(4-14)17-9(8(7)12)13-3-2-6(15)11-10(13)16/h2-3,5,7-9,14H,4H2,1H3,(H,11,15,16)/t5-,7-,8-,9-,12?/m1/s1. The van der Waals surface area contributed by atoms with Gasteiger partial charge in [-0.2, -0.15) is 0 Å². The van der Waals surface area contributed by atoms with Crippen molar-refractivity contribution in [1.29, 1.82) is 0 Å². The predicted octanol–water partition coefficient (Wildman–Crippen LogP) is -1.89. The van der Waals surface area contributed by atoms with Crippen molar-refractivity contribution in [3.8, 4) is 0 Å². The molecule has 0 amide bonds. The van der Waals surface area contributed by atoms with Crippen molar-refractivity contribution in [3.63, 3.8) is 0 Å². The maximum absolute atomic E-state index is 11.6. The number of likely N-dealkylation sites (N-methyl/N-ethyl adjacent to an activating group) is 1. The summed E-state index contributed by atoms with van der Waals surface area (Å²) in [6, 6.07) is 1.54. The normalized spacial score (nSPS) is 39.1. The number of aliphatic hydroxyl groups excluding tert-OH is 1. The van der Waals surface area contributed by atoms with E-state index in [1.54, 1.807) is 0 Å². The minimum absolute atomic E-state index is 0.0693. The molecular weight excluding hydrogens is 226 g/mol.